The van der Waals surface area contributed by atoms with Crippen molar-refractivity contribution in [2.24, 2.45) is 0 Å². The average molecular weight is 354 g/mol. The first-order valence-corrected chi connectivity index (χ1v) is 8.71. The maximum atomic E-state index is 12.6. The Morgan fingerprint density at radius 2 is 1.54 bits per heavy atom. The third-order valence-corrected chi connectivity index (χ3v) is 4.97. The van der Waals surface area contributed by atoms with Gasteiger partial charge in [0.05, 0.1) is 12.1 Å². The Morgan fingerprint density at radius 3 is 2.12 bits per heavy atom. The SMILES string of the molecule is O=C(CCCC(=O)N1C2C=CC1c1ccccc12)ON1C(=O)CCC1=O. The first-order valence-electron chi connectivity index (χ1n) is 8.71. The van der Waals surface area contributed by atoms with Crippen LogP contribution in [0.25, 0.3) is 0 Å². The van der Waals surface area contributed by atoms with Gasteiger partial charge in [0, 0.05) is 25.7 Å². The fraction of sp³-hybridized carbons (Fsp3) is 0.368. The number of nitrogens with zero attached hydrogens (tertiary/aromatic N) is 2. The van der Waals surface area contributed by atoms with E-state index in [1.165, 1.54) is 0 Å². The number of rotatable bonds is 5. The van der Waals surface area contributed by atoms with Gasteiger partial charge in [-0.3, -0.25) is 14.4 Å². The molecule has 0 radical (unpaired) electrons. The molecule has 3 heterocycles. The highest BCUT2D eigenvalue weighted by Gasteiger charge is 2.42. The Labute approximate surface area is 150 Å². The summed E-state index contributed by atoms with van der Waals surface area (Å²) in [6, 6.07) is 7.93. The van der Waals surface area contributed by atoms with Crippen LogP contribution in [-0.2, 0) is 24.0 Å². The topological polar surface area (TPSA) is 84.0 Å². The minimum atomic E-state index is -0.674. The summed E-state index contributed by atoms with van der Waals surface area (Å²) in [5, 5.41) is 0.533. The maximum absolute atomic E-state index is 12.6. The predicted molar refractivity (Wildman–Crippen MR) is 88.9 cm³/mol. The molecule has 3 aliphatic heterocycles. The molecule has 26 heavy (non-hydrogen) atoms. The molecule has 0 aliphatic carbocycles. The lowest BCUT2D eigenvalue weighted by Gasteiger charge is -2.22. The molecule has 1 aromatic rings. The molecule has 2 atom stereocenters. The summed E-state index contributed by atoms with van der Waals surface area (Å²) in [6.07, 6.45) is 4.69. The van der Waals surface area contributed by atoms with E-state index in [4.69, 9.17) is 4.84 Å². The van der Waals surface area contributed by atoms with Gasteiger partial charge >= 0.3 is 5.97 Å². The Morgan fingerprint density at radius 1 is 0.962 bits per heavy atom. The summed E-state index contributed by atoms with van der Waals surface area (Å²) in [4.78, 5) is 53.9. The molecule has 3 amide bonds. The van der Waals surface area contributed by atoms with Gasteiger partial charge in [0.15, 0.2) is 0 Å². The first-order chi connectivity index (χ1) is 12.6. The largest absolute Gasteiger partial charge is 0.333 e. The number of amides is 3. The summed E-state index contributed by atoms with van der Waals surface area (Å²) in [6.45, 7) is 0. The van der Waals surface area contributed by atoms with Gasteiger partial charge in [0.2, 0.25) is 5.91 Å². The van der Waals surface area contributed by atoms with Gasteiger partial charge in [-0.2, -0.15) is 0 Å². The number of hydroxylamine groups is 2. The zero-order valence-corrected chi connectivity index (χ0v) is 14.1. The van der Waals surface area contributed by atoms with Crippen molar-refractivity contribution in [3.05, 3.63) is 47.5 Å². The summed E-state index contributed by atoms with van der Waals surface area (Å²) in [5.74, 6) is -1.71. The van der Waals surface area contributed by atoms with Gasteiger partial charge in [0.1, 0.15) is 0 Å². The normalized spacial score (nSPS) is 22.9. The monoisotopic (exact) mass is 354 g/mol. The highest BCUT2D eigenvalue weighted by molar-refractivity contribution is 6.01. The molecule has 0 saturated carbocycles. The summed E-state index contributed by atoms with van der Waals surface area (Å²) < 4.78 is 0. The molecule has 3 aliphatic rings. The van der Waals surface area contributed by atoms with E-state index in [9.17, 15) is 19.2 Å². The number of fused-ring (bicyclic) bond motifs is 5. The minimum absolute atomic E-state index is 0.0215. The molecule has 1 fully saturated rings. The van der Waals surface area contributed by atoms with Crippen molar-refractivity contribution in [1.29, 1.82) is 0 Å². The molecule has 134 valence electrons. The van der Waals surface area contributed by atoms with E-state index in [2.05, 4.69) is 0 Å². The smallest absolute Gasteiger partial charge is 0.330 e. The first kappa shape index (κ1) is 16.5. The van der Waals surface area contributed by atoms with Crippen molar-refractivity contribution in [2.75, 3.05) is 0 Å². The van der Waals surface area contributed by atoms with Crippen molar-refractivity contribution in [2.45, 2.75) is 44.2 Å². The Bertz CT molecular complexity index is 782. The zero-order chi connectivity index (χ0) is 18.3. The van der Waals surface area contributed by atoms with Gasteiger partial charge in [-0.15, -0.1) is 5.06 Å². The maximum Gasteiger partial charge on any atom is 0.333 e. The average Bonchev–Trinajstić information content (AvgIpc) is 3.30. The van der Waals surface area contributed by atoms with E-state index in [0.717, 1.165) is 11.1 Å². The van der Waals surface area contributed by atoms with Crippen LogP contribution in [0, 0.1) is 0 Å². The number of hydrogen-bond acceptors (Lipinski definition) is 5. The molecule has 1 saturated heterocycles. The highest BCUT2D eigenvalue weighted by atomic mass is 16.7. The number of benzene rings is 1. The van der Waals surface area contributed by atoms with Crippen LogP contribution in [0.1, 0.15) is 55.3 Å². The van der Waals surface area contributed by atoms with Crippen LogP contribution in [0.2, 0.25) is 0 Å². The Balaban J connectivity index is 1.29. The molecular formula is C19H18N2O5. The summed E-state index contributed by atoms with van der Waals surface area (Å²) in [5.41, 5.74) is 2.30. The van der Waals surface area contributed by atoms with Crippen molar-refractivity contribution in [3.63, 3.8) is 0 Å². The third kappa shape index (κ3) is 2.69. The lowest BCUT2D eigenvalue weighted by atomic mass is 9.97. The van der Waals surface area contributed by atoms with Crippen LogP contribution in [0.15, 0.2) is 36.4 Å². The van der Waals surface area contributed by atoms with Crippen LogP contribution in [-0.4, -0.2) is 33.7 Å². The fourth-order valence-corrected chi connectivity index (χ4v) is 3.75. The Kier molecular flexibility index (Phi) is 4.06. The second-order valence-corrected chi connectivity index (χ2v) is 6.60. The molecule has 0 aromatic heterocycles. The van der Waals surface area contributed by atoms with Crippen LogP contribution in [0.4, 0.5) is 0 Å². The number of carbonyl (C=O) groups excluding carboxylic acids is 4. The molecular weight excluding hydrogens is 336 g/mol. The van der Waals surface area contributed by atoms with E-state index in [1.807, 2.05) is 41.3 Å². The molecule has 0 N–H and O–H groups in total. The van der Waals surface area contributed by atoms with Crippen LogP contribution < -0.4 is 0 Å². The molecule has 7 nitrogen and oxygen atoms in total. The lowest BCUT2D eigenvalue weighted by molar-refractivity contribution is -0.197. The van der Waals surface area contributed by atoms with E-state index >= 15 is 0 Å². The second-order valence-electron chi connectivity index (χ2n) is 6.60. The van der Waals surface area contributed by atoms with Crippen LogP contribution >= 0.6 is 0 Å². The number of carbonyl (C=O) groups is 4. The van der Waals surface area contributed by atoms with Crippen LogP contribution in [0.5, 0.6) is 0 Å². The Hall–Kier alpha value is -2.96. The van der Waals surface area contributed by atoms with Crippen molar-refractivity contribution >= 4 is 23.7 Å². The number of hydrogen-bond donors (Lipinski definition) is 0. The predicted octanol–water partition coefficient (Wildman–Crippen LogP) is 1.96. The van der Waals surface area contributed by atoms with Gasteiger partial charge < -0.3 is 9.74 Å². The second kappa shape index (κ2) is 6.40. The summed E-state index contributed by atoms with van der Waals surface area (Å²) >= 11 is 0. The standard InChI is InChI=1S/C19H18N2O5/c22-16(6-3-7-19(25)26-21-17(23)10-11-18(21)24)20-14-8-9-15(20)13-5-2-1-4-12(13)14/h1-2,4-5,8-9,14-15H,3,6-7,10-11H2. The van der Waals surface area contributed by atoms with Gasteiger partial charge in [0.25, 0.3) is 11.8 Å². The third-order valence-electron chi connectivity index (χ3n) is 4.97. The minimum Gasteiger partial charge on any atom is -0.330 e. The molecule has 1 aromatic carbocycles. The van der Waals surface area contributed by atoms with Gasteiger partial charge in [-0.1, -0.05) is 36.4 Å². The number of imide groups is 1. The van der Waals surface area contributed by atoms with E-state index in [1.54, 1.807) is 0 Å². The van der Waals surface area contributed by atoms with Crippen molar-refractivity contribution < 1.29 is 24.0 Å². The molecule has 2 bridgehead atoms. The van der Waals surface area contributed by atoms with Gasteiger partial charge in [-0.25, -0.2) is 4.79 Å². The lowest BCUT2D eigenvalue weighted by Crippen LogP contribution is -2.32. The summed E-state index contributed by atoms with van der Waals surface area (Å²) in [7, 11) is 0. The fourth-order valence-electron chi connectivity index (χ4n) is 3.75. The van der Waals surface area contributed by atoms with E-state index in [-0.39, 0.29) is 43.7 Å². The molecule has 2 unspecified atom stereocenters. The van der Waals surface area contributed by atoms with E-state index in [0.29, 0.717) is 11.5 Å². The molecule has 7 heteroatoms. The van der Waals surface area contributed by atoms with Crippen molar-refractivity contribution in [3.8, 4) is 0 Å². The zero-order valence-electron chi connectivity index (χ0n) is 14.1. The highest BCUT2D eigenvalue weighted by Crippen LogP contribution is 2.48. The van der Waals surface area contributed by atoms with E-state index < -0.39 is 17.8 Å². The van der Waals surface area contributed by atoms with Crippen LogP contribution in [0.3, 0.4) is 0 Å². The van der Waals surface area contributed by atoms with Crippen molar-refractivity contribution in [1.82, 2.24) is 9.96 Å². The molecule has 0 spiro atoms. The molecule has 4 rings (SSSR count). The van der Waals surface area contributed by atoms with Gasteiger partial charge in [-0.05, 0) is 17.5 Å². The quantitative estimate of drug-likeness (QED) is 0.596.